The van der Waals surface area contributed by atoms with E-state index in [0.717, 1.165) is 19.6 Å². The number of nitrogens with two attached hydrogens (primary N) is 1. The van der Waals surface area contributed by atoms with Crippen LogP contribution in [0.3, 0.4) is 0 Å². The highest BCUT2D eigenvalue weighted by Gasteiger charge is 2.16. The van der Waals surface area contributed by atoms with Gasteiger partial charge in [0.1, 0.15) is 5.78 Å². The van der Waals surface area contributed by atoms with E-state index in [4.69, 9.17) is 5.73 Å². The molecule has 3 N–H and O–H groups in total. The number of rotatable bonds is 9. The van der Waals surface area contributed by atoms with Gasteiger partial charge in [-0.1, -0.05) is 0 Å². The van der Waals surface area contributed by atoms with Crippen molar-refractivity contribution in [3.8, 4) is 0 Å². The molecule has 0 radical (unpaired) electrons. The first-order valence-corrected chi connectivity index (χ1v) is 6.21. The van der Waals surface area contributed by atoms with Crippen LogP contribution in [0.2, 0.25) is 0 Å². The van der Waals surface area contributed by atoms with Crippen molar-refractivity contribution in [2.75, 3.05) is 47.3 Å². The molecule has 0 rings (SSSR count). The molecule has 0 spiro atoms. The maximum Gasteiger partial charge on any atom is 0.224 e. The first-order chi connectivity index (χ1) is 8.38. The van der Waals surface area contributed by atoms with E-state index in [2.05, 4.69) is 10.2 Å². The molecule has 0 saturated carbocycles. The zero-order valence-electron chi connectivity index (χ0n) is 11.9. The number of Topliss-reactive ketones (excluding diaryl/α,β-unsaturated/α-hetero) is 1. The molecule has 0 aromatic carbocycles. The first kappa shape index (κ1) is 17.0. The summed E-state index contributed by atoms with van der Waals surface area (Å²) >= 11 is 0. The normalized spacial score (nSPS) is 12.6. The molecule has 0 aliphatic heterocycles. The van der Waals surface area contributed by atoms with Crippen LogP contribution in [0, 0.1) is 0 Å². The van der Waals surface area contributed by atoms with E-state index in [-0.39, 0.29) is 18.1 Å². The first-order valence-electron chi connectivity index (χ1n) is 6.21. The molecule has 18 heavy (non-hydrogen) atoms. The van der Waals surface area contributed by atoms with E-state index in [0.29, 0.717) is 6.54 Å². The van der Waals surface area contributed by atoms with Crippen molar-refractivity contribution in [3.63, 3.8) is 0 Å². The number of amides is 1. The third-order valence-corrected chi connectivity index (χ3v) is 2.90. The van der Waals surface area contributed by atoms with Crippen LogP contribution in [0.25, 0.3) is 0 Å². The number of carbonyl (C=O) groups is 2. The predicted octanol–water partition coefficient (Wildman–Crippen LogP) is -1.10. The van der Waals surface area contributed by atoms with Gasteiger partial charge in [-0.25, -0.2) is 0 Å². The summed E-state index contributed by atoms with van der Waals surface area (Å²) in [5.74, 6) is -0.234. The van der Waals surface area contributed by atoms with Crippen LogP contribution in [-0.4, -0.2) is 74.9 Å². The molecule has 6 heteroatoms. The van der Waals surface area contributed by atoms with E-state index in [1.54, 1.807) is 11.9 Å². The fourth-order valence-electron chi connectivity index (χ4n) is 1.35. The highest BCUT2D eigenvalue weighted by atomic mass is 16.2. The minimum absolute atomic E-state index is 0.0836. The average molecular weight is 258 g/mol. The standard InChI is InChI=1S/C12H26N4O2/c1-10(17)11(13)9-12(18)16(4)8-7-15(3)6-5-14-2/h11,14H,5-9,13H2,1-4H3. The lowest BCUT2D eigenvalue weighted by Crippen LogP contribution is -2.40. The third kappa shape index (κ3) is 7.37. The minimum atomic E-state index is -0.679. The second-order valence-electron chi connectivity index (χ2n) is 4.64. The molecule has 1 unspecified atom stereocenters. The van der Waals surface area contributed by atoms with Crippen molar-refractivity contribution in [3.05, 3.63) is 0 Å². The number of likely N-dealkylation sites (N-methyl/N-ethyl adjacent to an activating group) is 3. The van der Waals surface area contributed by atoms with Crippen molar-refractivity contribution < 1.29 is 9.59 Å². The van der Waals surface area contributed by atoms with E-state index in [1.165, 1.54) is 6.92 Å². The lowest BCUT2D eigenvalue weighted by molar-refractivity contribution is -0.132. The molecule has 0 bridgehead atoms. The van der Waals surface area contributed by atoms with Gasteiger partial charge in [0.05, 0.1) is 6.04 Å². The Balaban J connectivity index is 3.90. The van der Waals surface area contributed by atoms with Crippen LogP contribution in [0.15, 0.2) is 0 Å². The summed E-state index contributed by atoms with van der Waals surface area (Å²) in [7, 11) is 5.66. The van der Waals surface area contributed by atoms with Crippen LogP contribution in [0.1, 0.15) is 13.3 Å². The molecule has 0 saturated heterocycles. The fourth-order valence-corrected chi connectivity index (χ4v) is 1.35. The second-order valence-corrected chi connectivity index (χ2v) is 4.64. The van der Waals surface area contributed by atoms with Gasteiger partial charge in [0.15, 0.2) is 0 Å². The van der Waals surface area contributed by atoms with Gasteiger partial charge in [0, 0.05) is 39.6 Å². The Kier molecular flexibility index (Phi) is 8.53. The Bertz CT molecular complexity index is 271. The smallest absolute Gasteiger partial charge is 0.224 e. The number of hydrogen-bond donors (Lipinski definition) is 2. The molecule has 6 nitrogen and oxygen atoms in total. The van der Waals surface area contributed by atoms with Crippen molar-refractivity contribution in [2.45, 2.75) is 19.4 Å². The number of carbonyl (C=O) groups excluding carboxylic acids is 2. The largest absolute Gasteiger partial charge is 0.344 e. The highest BCUT2D eigenvalue weighted by Crippen LogP contribution is 1.96. The second kappa shape index (κ2) is 9.02. The average Bonchev–Trinajstić information content (AvgIpc) is 2.32. The van der Waals surface area contributed by atoms with E-state index in [1.807, 2.05) is 14.1 Å². The molecule has 0 heterocycles. The molecule has 0 aromatic heterocycles. The summed E-state index contributed by atoms with van der Waals surface area (Å²) in [6.45, 7) is 4.71. The summed E-state index contributed by atoms with van der Waals surface area (Å²) in [6, 6.07) is -0.679. The van der Waals surface area contributed by atoms with Crippen molar-refractivity contribution in [2.24, 2.45) is 5.73 Å². The molecular formula is C12H26N4O2. The quantitative estimate of drug-likeness (QED) is 0.549. The number of hydrogen-bond acceptors (Lipinski definition) is 5. The lowest BCUT2D eigenvalue weighted by atomic mass is 10.1. The van der Waals surface area contributed by atoms with Crippen LogP contribution >= 0.6 is 0 Å². The Morgan fingerprint density at radius 1 is 1.22 bits per heavy atom. The zero-order valence-corrected chi connectivity index (χ0v) is 11.9. The summed E-state index contributed by atoms with van der Waals surface area (Å²) in [6.07, 6.45) is 0.0893. The van der Waals surface area contributed by atoms with Gasteiger partial charge in [-0.15, -0.1) is 0 Å². The summed E-state index contributed by atoms with van der Waals surface area (Å²) < 4.78 is 0. The maximum absolute atomic E-state index is 11.7. The van der Waals surface area contributed by atoms with Gasteiger partial charge in [0.25, 0.3) is 0 Å². The number of nitrogens with one attached hydrogen (secondary N) is 1. The van der Waals surface area contributed by atoms with Crippen LogP contribution in [0.5, 0.6) is 0 Å². The zero-order chi connectivity index (χ0) is 14.1. The van der Waals surface area contributed by atoms with E-state index in [9.17, 15) is 9.59 Å². The van der Waals surface area contributed by atoms with Crippen LogP contribution in [0.4, 0.5) is 0 Å². The topological polar surface area (TPSA) is 78.7 Å². The van der Waals surface area contributed by atoms with Gasteiger partial charge >= 0.3 is 0 Å². The lowest BCUT2D eigenvalue weighted by Gasteiger charge is -2.22. The molecule has 1 amide bonds. The van der Waals surface area contributed by atoms with E-state index >= 15 is 0 Å². The third-order valence-electron chi connectivity index (χ3n) is 2.90. The Morgan fingerprint density at radius 3 is 2.33 bits per heavy atom. The van der Waals surface area contributed by atoms with Crippen molar-refractivity contribution in [1.29, 1.82) is 0 Å². The molecule has 0 aliphatic carbocycles. The molecule has 1 atom stereocenters. The Hall–Kier alpha value is -0.980. The van der Waals surface area contributed by atoms with Gasteiger partial charge in [-0.2, -0.15) is 0 Å². The minimum Gasteiger partial charge on any atom is -0.344 e. The fraction of sp³-hybridized carbons (Fsp3) is 0.833. The monoisotopic (exact) mass is 258 g/mol. The van der Waals surface area contributed by atoms with Gasteiger partial charge in [-0.3, -0.25) is 9.59 Å². The van der Waals surface area contributed by atoms with Gasteiger partial charge in [0.2, 0.25) is 5.91 Å². The van der Waals surface area contributed by atoms with Crippen molar-refractivity contribution >= 4 is 11.7 Å². The molecule has 0 aliphatic rings. The molecule has 0 aromatic rings. The Morgan fingerprint density at radius 2 is 1.83 bits per heavy atom. The molecule has 0 fully saturated rings. The van der Waals surface area contributed by atoms with Gasteiger partial charge in [-0.05, 0) is 21.0 Å². The summed E-state index contributed by atoms with van der Waals surface area (Å²) in [4.78, 5) is 26.5. The van der Waals surface area contributed by atoms with E-state index < -0.39 is 6.04 Å². The molecule has 106 valence electrons. The number of nitrogens with zero attached hydrogens (tertiary/aromatic N) is 2. The number of ketones is 1. The molecular weight excluding hydrogens is 232 g/mol. The predicted molar refractivity (Wildman–Crippen MR) is 72.3 cm³/mol. The summed E-state index contributed by atoms with van der Waals surface area (Å²) in [5, 5.41) is 3.07. The van der Waals surface area contributed by atoms with Crippen LogP contribution < -0.4 is 11.1 Å². The Labute approximate surface area is 109 Å². The van der Waals surface area contributed by atoms with Crippen LogP contribution in [-0.2, 0) is 9.59 Å². The van der Waals surface area contributed by atoms with Gasteiger partial charge < -0.3 is 20.9 Å². The summed E-state index contributed by atoms with van der Waals surface area (Å²) in [5.41, 5.74) is 5.56. The SMILES string of the molecule is CNCCN(C)CCN(C)C(=O)CC(N)C(C)=O. The maximum atomic E-state index is 11.7. The highest BCUT2D eigenvalue weighted by molar-refractivity contribution is 5.87. The van der Waals surface area contributed by atoms with Crippen molar-refractivity contribution in [1.82, 2.24) is 15.1 Å².